The van der Waals surface area contributed by atoms with Gasteiger partial charge in [0.05, 0.1) is 0 Å². The van der Waals surface area contributed by atoms with Crippen LogP contribution in [0.3, 0.4) is 0 Å². The SMILES string of the molecule is CCC1(C)CCN(c2cc(N)nc(C3CC3)n2)CC1. The van der Waals surface area contributed by atoms with E-state index in [-0.39, 0.29) is 0 Å². The highest BCUT2D eigenvalue weighted by molar-refractivity contribution is 5.48. The molecule has 1 aromatic heterocycles. The summed E-state index contributed by atoms with van der Waals surface area (Å²) in [7, 11) is 0. The number of rotatable bonds is 3. The Kier molecular flexibility index (Phi) is 3.11. The molecule has 1 aliphatic carbocycles. The van der Waals surface area contributed by atoms with Gasteiger partial charge in [0.2, 0.25) is 0 Å². The van der Waals surface area contributed by atoms with Gasteiger partial charge in [-0.15, -0.1) is 0 Å². The van der Waals surface area contributed by atoms with Crippen LogP contribution in [0, 0.1) is 5.41 Å². The number of aromatic nitrogens is 2. The van der Waals surface area contributed by atoms with Gasteiger partial charge in [-0.2, -0.15) is 0 Å². The molecule has 2 heterocycles. The third-order valence-corrected chi connectivity index (χ3v) is 4.84. The zero-order valence-electron chi connectivity index (χ0n) is 12.0. The first-order valence-electron chi connectivity index (χ1n) is 7.49. The zero-order chi connectivity index (χ0) is 13.5. The van der Waals surface area contributed by atoms with Gasteiger partial charge in [-0.25, -0.2) is 9.97 Å². The van der Waals surface area contributed by atoms with Gasteiger partial charge in [-0.1, -0.05) is 20.3 Å². The fourth-order valence-corrected chi connectivity index (χ4v) is 2.79. The molecule has 0 spiro atoms. The van der Waals surface area contributed by atoms with Gasteiger partial charge < -0.3 is 10.6 Å². The molecule has 104 valence electrons. The van der Waals surface area contributed by atoms with Crippen molar-refractivity contribution in [3.05, 3.63) is 11.9 Å². The molecule has 0 aromatic carbocycles. The minimum absolute atomic E-state index is 0.508. The summed E-state index contributed by atoms with van der Waals surface area (Å²) < 4.78 is 0. The van der Waals surface area contributed by atoms with E-state index in [1.54, 1.807) is 0 Å². The Labute approximate surface area is 115 Å². The fourth-order valence-electron chi connectivity index (χ4n) is 2.79. The first-order chi connectivity index (χ1) is 9.09. The molecule has 1 aliphatic heterocycles. The first kappa shape index (κ1) is 12.7. The summed E-state index contributed by atoms with van der Waals surface area (Å²) in [5.41, 5.74) is 6.44. The number of nitrogens with zero attached hydrogens (tertiary/aromatic N) is 3. The van der Waals surface area contributed by atoms with Gasteiger partial charge in [0.1, 0.15) is 17.5 Å². The Morgan fingerprint density at radius 1 is 1.32 bits per heavy atom. The van der Waals surface area contributed by atoms with Gasteiger partial charge >= 0.3 is 0 Å². The molecule has 2 aliphatic rings. The van der Waals surface area contributed by atoms with Crippen LogP contribution in [-0.4, -0.2) is 23.1 Å². The summed E-state index contributed by atoms with van der Waals surface area (Å²) in [6.45, 7) is 6.87. The highest BCUT2D eigenvalue weighted by Gasteiger charge is 2.31. The minimum atomic E-state index is 0.508. The first-order valence-corrected chi connectivity index (χ1v) is 7.49. The molecule has 1 saturated heterocycles. The summed E-state index contributed by atoms with van der Waals surface area (Å²) in [4.78, 5) is 11.5. The second kappa shape index (κ2) is 4.66. The van der Waals surface area contributed by atoms with Crippen LogP contribution in [0.25, 0.3) is 0 Å². The smallest absolute Gasteiger partial charge is 0.136 e. The lowest BCUT2D eigenvalue weighted by Crippen LogP contribution is -2.39. The highest BCUT2D eigenvalue weighted by Crippen LogP contribution is 2.40. The molecule has 1 aromatic rings. The second-order valence-corrected chi connectivity index (χ2v) is 6.43. The van der Waals surface area contributed by atoms with Gasteiger partial charge in [-0.05, 0) is 31.1 Å². The lowest BCUT2D eigenvalue weighted by atomic mass is 9.78. The van der Waals surface area contributed by atoms with Crippen molar-refractivity contribution in [2.24, 2.45) is 5.41 Å². The number of anilines is 2. The molecule has 0 unspecified atom stereocenters. The topological polar surface area (TPSA) is 55.0 Å². The van der Waals surface area contributed by atoms with Gasteiger partial charge in [0, 0.05) is 25.1 Å². The van der Waals surface area contributed by atoms with E-state index in [0.29, 0.717) is 17.2 Å². The lowest BCUT2D eigenvalue weighted by Gasteiger charge is -2.39. The molecule has 0 radical (unpaired) electrons. The molecular formula is C15H24N4. The maximum absolute atomic E-state index is 5.93. The van der Waals surface area contributed by atoms with Crippen LogP contribution in [-0.2, 0) is 0 Å². The zero-order valence-corrected chi connectivity index (χ0v) is 12.0. The number of piperidine rings is 1. The summed E-state index contributed by atoms with van der Waals surface area (Å²) in [5.74, 6) is 3.18. The Balaban J connectivity index is 1.76. The normalized spacial score (nSPS) is 22.5. The van der Waals surface area contributed by atoms with Gasteiger partial charge in [-0.3, -0.25) is 0 Å². The third-order valence-electron chi connectivity index (χ3n) is 4.84. The molecule has 0 bridgehead atoms. The second-order valence-electron chi connectivity index (χ2n) is 6.43. The van der Waals surface area contributed by atoms with Crippen molar-refractivity contribution < 1.29 is 0 Å². The molecule has 19 heavy (non-hydrogen) atoms. The average Bonchev–Trinajstić information content (AvgIpc) is 3.23. The van der Waals surface area contributed by atoms with Crippen molar-refractivity contribution in [2.75, 3.05) is 23.7 Å². The van der Waals surface area contributed by atoms with Crippen LogP contribution in [0.15, 0.2) is 6.07 Å². The van der Waals surface area contributed by atoms with Crippen molar-refractivity contribution in [1.29, 1.82) is 0 Å². The predicted octanol–water partition coefficient (Wildman–Crippen LogP) is 2.95. The Morgan fingerprint density at radius 3 is 2.58 bits per heavy atom. The Morgan fingerprint density at radius 2 is 2.00 bits per heavy atom. The average molecular weight is 260 g/mol. The Hall–Kier alpha value is -1.32. The maximum atomic E-state index is 5.93. The summed E-state index contributed by atoms with van der Waals surface area (Å²) >= 11 is 0. The number of nitrogens with two attached hydrogens (primary N) is 1. The van der Waals surface area contributed by atoms with Crippen LogP contribution in [0.2, 0.25) is 0 Å². The fraction of sp³-hybridized carbons (Fsp3) is 0.733. The number of hydrogen-bond donors (Lipinski definition) is 1. The summed E-state index contributed by atoms with van der Waals surface area (Å²) in [6.07, 6.45) is 6.19. The van der Waals surface area contributed by atoms with Crippen LogP contribution in [0.1, 0.15) is 57.7 Å². The monoisotopic (exact) mass is 260 g/mol. The molecule has 3 rings (SSSR count). The predicted molar refractivity (Wildman–Crippen MR) is 78.3 cm³/mol. The Bertz CT molecular complexity index is 459. The summed E-state index contributed by atoms with van der Waals surface area (Å²) in [6, 6.07) is 1.93. The molecule has 4 nitrogen and oxygen atoms in total. The quantitative estimate of drug-likeness (QED) is 0.907. The number of nitrogen functional groups attached to an aromatic ring is 1. The van der Waals surface area contributed by atoms with E-state index < -0.39 is 0 Å². The molecule has 2 fully saturated rings. The summed E-state index contributed by atoms with van der Waals surface area (Å²) in [5, 5.41) is 0. The van der Waals surface area contributed by atoms with Crippen molar-refractivity contribution in [1.82, 2.24) is 9.97 Å². The number of hydrogen-bond acceptors (Lipinski definition) is 4. The largest absolute Gasteiger partial charge is 0.384 e. The standard InChI is InChI=1S/C15H24N4/c1-3-15(2)6-8-19(9-7-15)13-10-12(16)17-14(18-13)11-4-5-11/h10-11H,3-9H2,1-2H3,(H2,16,17,18). The third kappa shape index (κ3) is 2.67. The molecule has 4 heteroatoms. The molecule has 0 amide bonds. The van der Waals surface area contributed by atoms with E-state index in [1.807, 2.05) is 6.07 Å². The lowest BCUT2D eigenvalue weighted by molar-refractivity contribution is 0.237. The van der Waals surface area contributed by atoms with Crippen LogP contribution < -0.4 is 10.6 Å². The molecule has 0 atom stereocenters. The van der Waals surface area contributed by atoms with Gasteiger partial charge in [0.25, 0.3) is 0 Å². The van der Waals surface area contributed by atoms with Crippen molar-refractivity contribution in [3.8, 4) is 0 Å². The van der Waals surface area contributed by atoms with E-state index in [1.165, 1.54) is 32.1 Å². The van der Waals surface area contributed by atoms with Crippen molar-refractivity contribution in [3.63, 3.8) is 0 Å². The van der Waals surface area contributed by atoms with E-state index in [2.05, 4.69) is 23.7 Å². The van der Waals surface area contributed by atoms with E-state index in [9.17, 15) is 0 Å². The minimum Gasteiger partial charge on any atom is -0.384 e. The van der Waals surface area contributed by atoms with Crippen LogP contribution in [0.4, 0.5) is 11.6 Å². The van der Waals surface area contributed by atoms with Crippen molar-refractivity contribution >= 4 is 11.6 Å². The van der Waals surface area contributed by atoms with Crippen LogP contribution in [0.5, 0.6) is 0 Å². The van der Waals surface area contributed by atoms with E-state index >= 15 is 0 Å². The maximum Gasteiger partial charge on any atom is 0.136 e. The van der Waals surface area contributed by atoms with E-state index in [4.69, 9.17) is 10.7 Å². The van der Waals surface area contributed by atoms with Gasteiger partial charge in [0.15, 0.2) is 0 Å². The van der Waals surface area contributed by atoms with E-state index in [0.717, 1.165) is 24.7 Å². The molecular weight excluding hydrogens is 236 g/mol. The molecule has 1 saturated carbocycles. The van der Waals surface area contributed by atoms with Crippen LogP contribution >= 0.6 is 0 Å². The van der Waals surface area contributed by atoms with Crippen molar-refractivity contribution in [2.45, 2.75) is 51.9 Å². The highest BCUT2D eigenvalue weighted by atomic mass is 15.2. The molecule has 2 N–H and O–H groups in total.